The second-order valence-corrected chi connectivity index (χ2v) is 8.03. The molecule has 4 rings (SSSR count). The van der Waals surface area contributed by atoms with Gasteiger partial charge in [-0.15, -0.1) is 0 Å². The Kier molecular flexibility index (Phi) is 7.49. The van der Waals surface area contributed by atoms with Gasteiger partial charge in [-0.2, -0.15) is 0 Å². The molecule has 37 heavy (non-hydrogen) atoms. The van der Waals surface area contributed by atoms with Crippen LogP contribution in [0, 0.1) is 0 Å². The van der Waals surface area contributed by atoms with Crippen LogP contribution in [-0.4, -0.2) is 68.0 Å². The van der Waals surface area contributed by atoms with Gasteiger partial charge in [-0.05, 0) is 36.4 Å². The Labute approximate surface area is 209 Å². The number of carbonyl (C=O) groups excluding carboxylic acids is 2. The molecule has 1 fully saturated rings. The first-order chi connectivity index (χ1) is 17.8. The van der Waals surface area contributed by atoms with Crippen LogP contribution < -0.4 is 0 Å². The van der Waals surface area contributed by atoms with E-state index < -0.39 is 54.7 Å². The average Bonchev–Trinajstić information content (AvgIpc) is 3.24. The minimum Gasteiger partial charge on any atom is -0.478 e. The molecule has 0 saturated carbocycles. The molecule has 3 aromatic rings. The summed E-state index contributed by atoms with van der Waals surface area (Å²) in [6, 6.07) is 8.56. The lowest BCUT2D eigenvalue weighted by atomic mass is 9.81. The first-order valence-corrected chi connectivity index (χ1v) is 11.0. The van der Waals surface area contributed by atoms with Crippen molar-refractivity contribution in [3.05, 3.63) is 89.3 Å². The fraction of sp³-hybridized carbons (Fsp3) is 0.240. The van der Waals surface area contributed by atoms with Crippen LogP contribution in [0.2, 0.25) is 0 Å². The molecule has 4 atom stereocenters. The van der Waals surface area contributed by atoms with Gasteiger partial charge in [0.15, 0.2) is 0 Å². The molecule has 1 saturated heterocycles. The van der Waals surface area contributed by atoms with Gasteiger partial charge in [0, 0.05) is 37.6 Å². The van der Waals surface area contributed by atoms with E-state index in [9.17, 15) is 29.4 Å². The van der Waals surface area contributed by atoms with E-state index in [2.05, 4.69) is 15.0 Å². The Morgan fingerprint density at radius 1 is 0.892 bits per heavy atom. The highest BCUT2D eigenvalue weighted by Crippen LogP contribution is 2.47. The Bertz CT molecular complexity index is 1330. The van der Waals surface area contributed by atoms with Gasteiger partial charge in [0.2, 0.25) is 6.29 Å². The summed E-state index contributed by atoms with van der Waals surface area (Å²) in [4.78, 5) is 60.9. The second kappa shape index (κ2) is 10.9. The number of hydrogen-bond donors (Lipinski definition) is 2. The smallest absolute Gasteiger partial charge is 0.339 e. The summed E-state index contributed by atoms with van der Waals surface area (Å²) >= 11 is 0. The Balaban J connectivity index is 1.81. The number of nitrogens with zero attached hydrogens (tertiary/aromatic N) is 3. The van der Waals surface area contributed by atoms with Gasteiger partial charge in [0.05, 0.1) is 34.0 Å². The van der Waals surface area contributed by atoms with E-state index in [1.807, 2.05) is 0 Å². The molecule has 3 aromatic heterocycles. The molecule has 0 bridgehead atoms. The zero-order valence-electron chi connectivity index (χ0n) is 19.4. The van der Waals surface area contributed by atoms with Crippen molar-refractivity contribution in [3.8, 4) is 0 Å². The molecule has 1 aliphatic heterocycles. The van der Waals surface area contributed by atoms with Gasteiger partial charge in [0.25, 0.3) is 0 Å². The highest BCUT2D eigenvalue weighted by atomic mass is 16.7. The normalized spacial score (nSPS) is 20.7. The summed E-state index contributed by atoms with van der Waals surface area (Å²) < 4.78 is 16.8. The highest BCUT2D eigenvalue weighted by molar-refractivity contribution is 5.90. The number of carboxylic acids is 2. The SMILES string of the molecule is CC(=O)OC1OC(COC(=O)c2cccnc2)C(c2ncccc2C(=O)O)C1c1ncccc1C(=O)O. The van der Waals surface area contributed by atoms with Crippen molar-refractivity contribution in [1.82, 2.24) is 15.0 Å². The van der Waals surface area contributed by atoms with E-state index in [0.717, 1.165) is 6.92 Å². The summed E-state index contributed by atoms with van der Waals surface area (Å²) in [6.45, 7) is 0.753. The van der Waals surface area contributed by atoms with E-state index in [1.54, 1.807) is 6.07 Å². The maximum atomic E-state index is 12.6. The lowest BCUT2D eigenvalue weighted by Crippen LogP contribution is -2.28. The summed E-state index contributed by atoms with van der Waals surface area (Å²) in [7, 11) is 0. The number of carbonyl (C=O) groups is 4. The van der Waals surface area contributed by atoms with E-state index in [4.69, 9.17) is 14.2 Å². The van der Waals surface area contributed by atoms with Crippen molar-refractivity contribution in [3.63, 3.8) is 0 Å². The number of rotatable bonds is 8. The Hall–Kier alpha value is -4.71. The Morgan fingerprint density at radius 2 is 1.49 bits per heavy atom. The van der Waals surface area contributed by atoms with Gasteiger partial charge >= 0.3 is 23.9 Å². The Morgan fingerprint density at radius 3 is 2.03 bits per heavy atom. The molecule has 12 heteroatoms. The number of esters is 2. The van der Waals surface area contributed by atoms with Crippen LogP contribution in [0.1, 0.15) is 61.2 Å². The van der Waals surface area contributed by atoms with Crippen LogP contribution >= 0.6 is 0 Å². The zero-order valence-corrected chi connectivity index (χ0v) is 19.4. The molecule has 12 nitrogen and oxygen atoms in total. The fourth-order valence-electron chi connectivity index (χ4n) is 4.25. The molecular weight excluding hydrogens is 486 g/mol. The topological polar surface area (TPSA) is 175 Å². The van der Waals surface area contributed by atoms with Gasteiger partial charge in [-0.1, -0.05) is 0 Å². The molecule has 1 aliphatic rings. The van der Waals surface area contributed by atoms with E-state index in [-0.39, 0.29) is 28.1 Å². The summed E-state index contributed by atoms with van der Waals surface area (Å²) in [6.07, 6.45) is 3.08. The molecule has 2 N–H and O–H groups in total. The summed E-state index contributed by atoms with van der Waals surface area (Å²) in [5.41, 5.74) is -0.180. The molecule has 0 aliphatic carbocycles. The molecule has 0 amide bonds. The summed E-state index contributed by atoms with van der Waals surface area (Å²) in [5.74, 6) is -6.14. The van der Waals surface area contributed by atoms with E-state index in [0.29, 0.717) is 0 Å². The van der Waals surface area contributed by atoms with Crippen molar-refractivity contribution in [1.29, 1.82) is 0 Å². The van der Waals surface area contributed by atoms with Crippen LogP contribution in [-0.2, 0) is 19.0 Å². The predicted molar refractivity (Wildman–Crippen MR) is 123 cm³/mol. The molecule has 190 valence electrons. The predicted octanol–water partition coefficient (Wildman–Crippen LogP) is 2.28. The molecule has 0 aromatic carbocycles. The lowest BCUT2D eigenvalue weighted by molar-refractivity contribution is -0.177. The molecular formula is C25H21N3O9. The minimum absolute atomic E-state index is 0.00525. The van der Waals surface area contributed by atoms with Crippen LogP contribution in [0.15, 0.2) is 61.2 Å². The largest absolute Gasteiger partial charge is 0.478 e. The van der Waals surface area contributed by atoms with E-state index in [1.165, 1.54) is 55.1 Å². The van der Waals surface area contributed by atoms with Gasteiger partial charge in [0.1, 0.15) is 12.7 Å². The number of ether oxygens (including phenoxy) is 3. The lowest BCUT2D eigenvalue weighted by Gasteiger charge is -2.25. The first-order valence-electron chi connectivity index (χ1n) is 11.0. The number of carboxylic acid groups (broad SMARTS) is 2. The number of aromatic nitrogens is 3. The van der Waals surface area contributed by atoms with Crippen LogP contribution in [0.5, 0.6) is 0 Å². The van der Waals surface area contributed by atoms with Crippen molar-refractivity contribution >= 4 is 23.9 Å². The molecule has 4 unspecified atom stereocenters. The van der Waals surface area contributed by atoms with Crippen molar-refractivity contribution < 1.29 is 43.6 Å². The molecule has 0 radical (unpaired) electrons. The highest BCUT2D eigenvalue weighted by Gasteiger charge is 2.52. The van der Waals surface area contributed by atoms with Crippen molar-refractivity contribution in [2.75, 3.05) is 6.61 Å². The molecule has 0 spiro atoms. The third-order valence-corrected chi connectivity index (χ3v) is 5.72. The van der Waals surface area contributed by atoms with Crippen LogP contribution in [0.25, 0.3) is 0 Å². The summed E-state index contributed by atoms with van der Waals surface area (Å²) in [5, 5.41) is 19.6. The number of pyridine rings is 3. The van der Waals surface area contributed by atoms with Crippen molar-refractivity contribution in [2.24, 2.45) is 0 Å². The third-order valence-electron chi connectivity index (χ3n) is 5.72. The standard InChI is InChI=1S/C25H21N3O9/c1-13(29)36-25-19(21-16(23(32)33)7-4-10-28-21)18(20-15(22(30)31)6-3-9-27-20)17(37-25)12-35-24(34)14-5-2-8-26-11-14/h2-11,17-19,25H,12H2,1H3,(H,30,31)(H,32,33). The van der Waals surface area contributed by atoms with Crippen molar-refractivity contribution in [2.45, 2.75) is 31.2 Å². The average molecular weight is 507 g/mol. The monoisotopic (exact) mass is 507 g/mol. The number of hydrogen-bond acceptors (Lipinski definition) is 10. The first kappa shape index (κ1) is 25.4. The third kappa shape index (κ3) is 5.43. The number of aromatic carboxylic acids is 2. The van der Waals surface area contributed by atoms with E-state index >= 15 is 0 Å². The fourth-order valence-corrected chi connectivity index (χ4v) is 4.25. The van der Waals surface area contributed by atoms with Gasteiger partial charge in [-0.3, -0.25) is 19.7 Å². The second-order valence-electron chi connectivity index (χ2n) is 8.03. The maximum Gasteiger partial charge on any atom is 0.339 e. The quantitative estimate of drug-likeness (QED) is 0.426. The van der Waals surface area contributed by atoms with Crippen LogP contribution in [0.4, 0.5) is 0 Å². The minimum atomic E-state index is -1.37. The van der Waals surface area contributed by atoms with Gasteiger partial charge in [-0.25, -0.2) is 14.4 Å². The zero-order chi connectivity index (χ0) is 26.5. The van der Waals surface area contributed by atoms with Gasteiger partial charge < -0.3 is 24.4 Å². The van der Waals surface area contributed by atoms with Crippen LogP contribution in [0.3, 0.4) is 0 Å². The molecule has 4 heterocycles. The maximum absolute atomic E-state index is 12.6.